The molecule has 34 heteroatoms. The van der Waals surface area contributed by atoms with Gasteiger partial charge in [-0.15, -0.1) is 15.3 Å². The van der Waals surface area contributed by atoms with Gasteiger partial charge in [0.15, 0.2) is 16.1 Å². The smallest absolute Gasteiger partial charge is 0.244 e. The number of aliphatic hydroxyl groups is 2. The highest BCUT2D eigenvalue weighted by molar-refractivity contribution is 7.89. The molecule has 0 spiro atoms. The van der Waals surface area contributed by atoms with Crippen molar-refractivity contribution in [2.75, 3.05) is 80.7 Å². The number of alkyl halides is 2. The second kappa shape index (κ2) is 41.5. The number of thiazole rings is 2. The van der Waals surface area contributed by atoms with E-state index in [1.807, 2.05) is 121 Å². The van der Waals surface area contributed by atoms with E-state index in [1.54, 1.807) is 178 Å². The van der Waals surface area contributed by atoms with Crippen LogP contribution in [0.5, 0.6) is 46.0 Å². The molecule has 130 heavy (non-hydrogen) atoms. The van der Waals surface area contributed by atoms with E-state index >= 15 is 25.6 Å². The summed E-state index contributed by atoms with van der Waals surface area (Å²) in [6.45, 7) is -1.14. The lowest BCUT2D eigenvalue weighted by Gasteiger charge is -2.27. The Bertz CT molecular complexity index is 6690. The van der Waals surface area contributed by atoms with Gasteiger partial charge in [0.1, 0.15) is 68.1 Å². The van der Waals surface area contributed by atoms with Crippen molar-refractivity contribution in [3.05, 3.63) is 310 Å². The molecule has 0 bridgehead atoms. The molecule has 12 aromatic carbocycles. The van der Waals surface area contributed by atoms with Crippen LogP contribution in [-0.4, -0.2) is 156 Å². The van der Waals surface area contributed by atoms with Gasteiger partial charge in [0, 0.05) is 67.1 Å². The summed E-state index contributed by atoms with van der Waals surface area (Å²) in [4.78, 5) is 10.6. The van der Waals surface area contributed by atoms with E-state index in [0.29, 0.717) is 113 Å². The van der Waals surface area contributed by atoms with E-state index in [2.05, 4.69) is 36.5 Å². The fraction of sp³-hybridized carbons (Fsp3) is 0.208. The maximum absolute atomic E-state index is 16.5. The summed E-state index contributed by atoms with van der Waals surface area (Å²) in [5.41, 5.74) is 8.76. The van der Waals surface area contributed by atoms with Crippen molar-refractivity contribution in [3.8, 4) is 91.0 Å². The molecule has 2 unspecified atom stereocenters. The van der Waals surface area contributed by atoms with Crippen LogP contribution in [0.1, 0.15) is 68.0 Å². The van der Waals surface area contributed by atoms with Crippen LogP contribution >= 0.6 is 22.7 Å². The van der Waals surface area contributed by atoms with Crippen molar-refractivity contribution in [2.45, 2.75) is 74.5 Å². The molecule has 0 aliphatic heterocycles. The third-order valence-corrected chi connectivity index (χ3v) is 27.4. The van der Waals surface area contributed by atoms with Crippen molar-refractivity contribution in [1.82, 2.24) is 59.0 Å². The fourth-order valence-electron chi connectivity index (χ4n) is 14.8. The SMILES string of the molecule is COc1ccc(CNc2nc3c(-c4ccc(C(F)CO)c(S(=O)(=O)N(Cc5ccc(OC)cc5)Cc5ccc(OC)cc5)c4-c4nnn(Cc5ccc(OC)cc5)n4)cccc3s2)cc1.COc1ccc(CNc2nc3c(-c4ccc(C(F)CO)c(S(=O)(=O)N(Cc5ccc(OC)cc5)Cc5ccc(OC)cc5)c4-c4nnnn4Cc4ccc(OC)cc4)cccc3s2)cc1. The average molecular weight is 1830 g/mol. The number of aromatic nitrogens is 10. The molecule has 0 radical (unpaired) electrons. The number of fused-ring (bicyclic) bond motifs is 2. The number of hydrogen-bond acceptors (Lipinski definition) is 26. The minimum absolute atomic E-state index is 0.00212. The number of para-hydroxylation sites is 2. The van der Waals surface area contributed by atoms with Crippen LogP contribution in [0.25, 0.3) is 65.5 Å². The Kier molecular flexibility index (Phi) is 29.0. The van der Waals surface area contributed by atoms with Gasteiger partial charge < -0.3 is 58.7 Å². The molecule has 2 atom stereocenters. The zero-order chi connectivity index (χ0) is 91.0. The fourth-order valence-corrected chi connectivity index (χ4v) is 20.3. The van der Waals surface area contributed by atoms with Gasteiger partial charge in [-0.05, 0) is 180 Å². The minimum Gasteiger partial charge on any atom is -0.497 e. The predicted octanol–water partition coefficient (Wildman–Crippen LogP) is 17.4. The summed E-state index contributed by atoms with van der Waals surface area (Å²) in [7, 11) is 3.13. The Morgan fingerprint density at radius 3 is 1.05 bits per heavy atom. The Balaban J connectivity index is 0.000000199. The number of sulfonamides is 2. The zero-order valence-electron chi connectivity index (χ0n) is 72.0. The van der Waals surface area contributed by atoms with Crippen molar-refractivity contribution >= 4 is 73.4 Å². The zero-order valence-corrected chi connectivity index (χ0v) is 75.3. The highest BCUT2D eigenvalue weighted by Crippen LogP contribution is 2.48. The molecule has 0 saturated carbocycles. The van der Waals surface area contributed by atoms with Gasteiger partial charge in [-0.2, -0.15) is 13.4 Å². The summed E-state index contributed by atoms with van der Waals surface area (Å²) >= 11 is 2.87. The molecule has 0 amide bonds. The Morgan fingerprint density at radius 2 is 0.700 bits per heavy atom. The first-order chi connectivity index (χ1) is 63.2. The van der Waals surface area contributed by atoms with Gasteiger partial charge >= 0.3 is 0 Å². The van der Waals surface area contributed by atoms with E-state index in [0.717, 1.165) is 43.2 Å². The highest BCUT2D eigenvalue weighted by atomic mass is 32.2. The third-order valence-electron chi connectivity index (χ3n) is 21.7. The Hall–Kier alpha value is -13.8. The van der Waals surface area contributed by atoms with E-state index < -0.39 is 55.4 Å². The number of benzene rings is 12. The van der Waals surface area contributed by atoms with Crippen molar-refractivity contribution < 1.29 is 73.7 Å². The first kappa shape index (κ1) is 90.9. The van der Waals surface area contributed by atoms with E-state index in [-0.39, 0.29) is 73.2 Å². The molecule has 0 fully saturated rings. The van der Waals surface area contributed by atoms with Gasteiger partial charge in [0.05, 0.1) is 109 Å². The normalized spacial score (nSPS) is 12.0. The molecule has 28 nitrogen and oxygen atoms in total. The summed E-state index contributed by atoms with van der Waals surface area (Å²) in [5, 5.41) is 55.3. The minimum atomic E-state index is -4.74. The summed E-state index contributed by atoms with van der Waals surface area (Å²) < 4.78 is 145. The first-order valence-corrected chi connectivity index (χ1v) is 45.4. The van der Waals surface area contributed by atoms with E-state index in [9.17, 15) is 10.2 Å². The monoisotopic (exact) mass is 1830 g/mol. The third kappa shape index (κ3) is 20.8. The Labute approximate surface area is 757 Å². The number of hydrogen-bond donors (Lipinski definition) is 4. The van der Waals surface area contributed by atoms with E-state index in [1.165, 1.54) is 52.9 Å². The molecular weight excluding hydrogens is 1740 g/mol. The number of nitrogens with zero attached hydrogens (tertiary/aromatic N) is 12. The summed E-state index contributed by atoms with van der Waals surface area (Å²) in [6, 6.07) is 75.6. The molecule has 0 aliphatic carbocycles. The lowest BCUT2D eigenvalue weighted by molar-refractivity contribution is 0.177. The number of tetrazole rings is 2. The number of halogens is 2. The lowest BCUT2D eigenvalue weighted by atomic mass is 9.94. The maximum atomic E-state index is 16.5. The second-order valence-corrected chi connectivity index (χ2v) is 35.6. The van der Waals surface area contributed by atoms with Crippen molar-refractivity contribution in [2.24, 2.45) is 0 Å². The van der Waals surface area contributed by atoms with Crippen molar-refractivity contribution in [1.29, 1.82) is 0 Å². The van der Waals surface area contributed by atoms with E-state index in [4.69, 9.17) is 53.0 Å². The Morgan fingerprint density at radius 1 is 0.377 bits per heavy atom. The van der Waals surface area contributed by atoms with Crippen LogP contribution in [0.15, 0.2) is 265 Å². The van der Waals surface area contributed by atoms with Crippen LogP contribution in [0.2, 0.25) is 0 Å². The molecule has 668 valence electrons. The molecule has 16 rings (SSSR count). The molecule has 4 N–H and O–H groups in total. The highest BCUT2D eigenvalue weighted by Gasteiger charge is 2.40. The molecule has 4 aromatic heterocycles. The van der Waals surface area contributed by atoms with Gasteiger partial charge in [-0.25, -0.2) is 40.3 Å². The van der Waals surface area contributed by atoms with Crippen molar-refractivity contribution in [3.63, 3.8) is 0 Å². The van der Waals surface area contributed by atoms with Crippen LogP contribution in [0.4, 0.5) is 19.0 Å². The molecule has 16 aromatic rings. The largest absolute Gasteiger partial charge is 0.497 e. The predicted molar refractivity (Wildman–Crippen MR) is 495 cm³/mol. The molecule has 0 aliphatic rings. The molecular formula is C96H92F2N14O14S4. The summed E-state index contributed by atoms with van der Waals surface area (Å²) in [5.74, 6) is 5.18. The second-order valence-electron chi connectivity index (χ2n) is 29.8. The molecule has 4 heterocycles. The van der Waals surface area contributed by atoms with Gasteiger partial charge in [-0.3, -0.25) is 0 Å². The number of rotatable bonds is 38. The van der Waals surface area contributed by atoms with Crippen LogP contribution in [-0.2, 0) is 72.4 Å². The van der Waals surface area contributed by atoms with Gasteiger partial charge in [-0.1, -0.05) is 168 Å². The lowest BCUT2D eigenvalue weighted by Crippen LogP contribution is -2.32. The van der Waals surface area contributed by atoms with Gasteiger partial charge in [0.25, 0.3) is 0 Å². The van der Waals surface area contributed by atoms with Gasteiger partial charge in [0.2, 0.25) is 25.9 Å². The maximum Gasteiger partial charge on any atom is 0.244 e. The number of aliphatic hydroxyl groups excluding tert-OH is 2. The number of methoxy groups -OCH3 is 8. The summed E-state index contributed by atoms with van der Waals surface area (Å²) in [6.07, 6.45) is -4.21. The topological polar surface area (TPSA) is 326 Å². The van der Waals surface area contributed by atoms with Crippen LogP contribution in [0.3, 0.4) is 0 Å². The number of ether oxygens (including phenoxy) is 8. The standard InChI is InChI=1S/2C48H46FN7O7S2/c1-60-35-16-8-31(9-17-35)26-50-48-51-45-40(6-5-7-43(45)64-48)39-24-25-41(42(49)30-57)46(44(39)47-52-53-54-56(47)29-34-14-22-38(63-4)23-15-34)65(58,59)55(27-32-10-18-36(61-2)19-11-32)28-33-12-20-37(62-3)21-13-33;1-60-35-16-8-31(9-17-35)26-50-48-51-45-40(6-5-7-43(45)64-48)39-24-25-41(42(49)30-57)46(44(39)47-52-54-56(53-47)29-34-14-22-38(63-4)23-15-34)65(58,59)55(27-32-10-18-36(61-2)19-11-32)28-33-12-20-37(62-3)21-13-33/h2*5-25,42,57H,26-30H2,1-4H3,(H,50,51). The van der Waals surface area contributed by atoms with Crippen LogP contribution in [0, 0.1) is 0 Å². The van der Waals surface area contributed by atoms with Crippen LogP contribution < -0.4 is 48.5 Å². The average Bonchev–Trinajstić information content (AvgIpc) is 1.65. The first-order valence-electron chi connectivity index (χ1n) is 40.9. The quantitative estimate of drug-likeness (QED) is 0.0279. The number of anilines is 2. The molecule has 0 saturated heterocycles. The number of nitrogens with one attached hydrogen (secondary N) is 2.